The van der Waals surface area contributed by atoms with Gasteiger partial charge in [0.15, 0.2) is 0 Å². The van der Waals surface area contributed by atoms with Crippen molar-refractivity contribution in [3.05, 3.63) is 65.7 Å². The lowest BCUT2D eigenvalue weighted by molar-refractivity contribution is -0.136. The van der Waals surface area contributed by atoms with E-state index in [9.17, 15) is 9.59 Å². The highest BCUT2D eigenvalue weighted by molar-refractivity contribution is 6.03. The first-order chi connectivity index (χ1) is 15.1. The third-order valence-electron chi connectivity index (χ3n) is 6.05. The molecular formula is C24H28N4O3. The highest BCUT2D eigenvalue weighted by Gasteiger charge is 2.36. The predicted octanol–water partition coefficient (Wildman–Crippen LogP) is 2.71. The Morgan fingerprint density at radius 1 is 1.10 bits per heavy atom. The van der Waals surface area contributed by atoms with Gasteiger partial charge in [-0.3, -0.25) is 14.5 Å². The monoisotopic (exact) mass is 420 g/mol. The van der Waals surface area contributed by atoms with Crippen molar-refractivity contribution in [2.75, 3.05) is 20.2 Å². The summed E-state index contributed by atoms with van der Waals surface area (Å²) in [6.07, 6.45) is 3.23. The predicted molar refractivity (Wildman–Crippen MR) is 119 cm³/mol. The topological polar surface area (TPSA) is 88.2 Å². The summed E-state index contributed by atoms with van der Waals surface area (Å²) in [5.74, 6) is 0.274. The number of nitrogens with zero attached hydrogens (tertiary/aromatic N) is 3. The van der Waals surface area contributed by atoms with E-state index in [1.165, 1.54) is 0 Å². The number of likely N-dealkylation sites (tertiary alicyclic amines) is 1. The Labute approximate surface area is 182 Å². The van der Waals surface area contributed by atoms with E-state index in [0.717, 1.165) is 35.4 Å². The number of piperidine rings is 1. The summed E-state index contributed by atoms with van der Waals surface area (Å²) in [6, 6.07) is 17.0. The van der Waals surface area contributed by atoms with Crippen LogP contribution in [0.2, 0.25) is 0 Å². The summed E-state index contributed by atoms with van der Waals surface area (Å²) in [7, 11) is 1.63. The van der Waals surface area contributed by atoms with Gasteiger partial charge in [0.05, 0.1) is 31.4 Å². The molecule has 2 aromatic rings. The lowest BCUT2D eigenvalue weighted by Crippen LogP contribution is -2.51. The highest BCUT2D eigenvalue weighted by atomic mass is 16.5. The Bertz CT molecular complexity index is 959. The number of methoxy groups -OCH3 is 1. The van der Waals surface area contributed by atoms with Gasteiger partial charge in [0.25, 0.3) is 5.91 Å². The van der Waals surface area contributed by atoms with Crippen molar-refractivity contribution in [1.82, 2.24) is 9.91 Å². The molecule has 0 aromatic heterocycles. The first kappa shape index (κ1) is 21.1. The number of hydrogen-bond acceptors (Lipinski definition) is 5. The molecule has 2 amide bonds. The van der Waals surface area contributed by atoms with Crippen molar-refractivity contribution in [1.29, 1.82) is 0 Å². The molecule has 1 saturated heterocycles. The minimum atomic E-state index is -0.391. The van der Waals surface area contributed by atoms with Crippen molar-refractivity contribution >= 4 is 17.5 Å². The number of carbonyl (C=O) groups excluding carboxylic acids is 2. The lowest BCUT2D eigenvalue weighted by Gasteiger charge is -2.34. The van der Waals surface area contributed by atoms with Crippen LogP contribution in [-0.2, 0) is 9.59 Å². The maximum atomic E-state index is 13.4. The van der Waals surface area contributed by atoms with Crippen LogP contribution in [0.25, 0.3) is 0 Å². The number of nitrogens with two attached hydrogens (primary N) is 1. The standard InChI is InChI=1S/C24H28N4O3/c1-31-19-12-10-18(11-13-19)22-15-20(17-7-3-2-4-8-17)26-28(22)23(29)16-27-14-6-5-9-21(27)24(25)30/h2-4,7-8,10-13,21-22H,5-6,9,14-16H2,1H3,(H2,25,30)/t21-,22-/m1/s1. The number of hydrogen-bond donors (Lipinski definition) is 1. The molecule has 0 radical (unpaired) electrons. The average molecular weight is 421 g/mol. The molecule has 0 saturated carbocycles. The fourth-order valence-electron chi connectivity index (χ4n) is 4.38. The van der Waals surface area contributed by atoms with Crippen LogP contribution in [0.1, 0.15) is 42.9 Å². The van der Waals surface area contributed by atoms with Gasteiger partial charge in [0.2, 0.25) is 5.91 Å². The number of hydrazone groups is 1. The van der Waals surface area contributed by atoms with Crippen molar-refractivity contribution < 1.29 is 14.3 Å². The van der Waals surface area contributed by atoms with Crippen LogP contribution in [0.4, 0.5) is 0 Å². The normalized spacial score (nSPS) is 21.6. The average Bonchev–Trinajstić information content (AvgIpc) is 3.26. The molecule has 31 heavy (non-hydrogen) atoms. The van der Waals surface area contributed by atoms with Crippen molar-refractivity contribution in [2.24, 2.45) is 10.8 Å². The van der Waals surface area contributed by atoms with E-state index in [0.29, 0.717) is 19.4 Å². The van der Waals surface area contributed by atoms with Crippen LogP contribution in [0, 0.1) is 0 Å². The SMILES string of the molecule is COc1ccc([C@H]2CC(c3ccccc3)=NN2C(=O)CN2CCCC[C@@H]2C(N)=O)cc1. The number of amides is 2. The Balaban J connectivity index is 1.60. The molecule has 0 unspecified atom stereocenters. The molecule has 1 fully saturated rings. The van der Waals surface area contributed by atoms with Crippen molar-refractivity contribution in [2.45, 2.75) is 37.8 Å². The van der Waals surface area contributed by atoms with Crippen LogP contribution in [-0.4, -0.2) is 53.7 Å². The summed E-state index contributed by atoms with van der Waals surface area (Å²) in [5, 5.41) is 6.30. The van der Waals surface area contributed by atoms with E-state index in [1.54, 1.807) is 12.1 Å². The van der Waals surface area contributed by atoms with Gasteiger partial charge in [-0.05, 0) is 42.6 Å². The molecule has 0 spiro atoms. The van der Waals surface area contributed by atoms with Gasteiger partial charge in [-0.2, -0.15) is 5.10 Å². The minimum absolute atomic E-state index is 0.125. The third-order valence-corrected chi connectivity index (χ3v) is 6.05. The Morgan fingerprint density at radius 2 is 1.84 bits per heavy atom. The van der Waals surface area contributed by atoms with Crippen molar-refractivity contribution in [3.8, 4) is 5.75 Å². The van der Waals surface area contributed by atoms with Crippen molar-refractivity contribution in [3.63, 3.8) is 0 Å². The fourth-order valence-corrected chi connectivity index (χ4v) is 4.38. The first-order valence-corrected chi connectivity index (χ1v) is 10.7. The molecule has 7 heteroatoms. The molecule has 0 bridgehead atoms. The molecule has 2 aliphatic rings. The molecule has 0 aliphatic carbocycles. The minimum Gasteiger partial charge on any atom is -0.497 e. The van der Waals surface area contributed by atoms with Crippen LogP contribution >= 0.6 is 0 Å². The van der Waals surface area contributed by atoms with E-state index < -0.39 is 6.04 Å². The maximum absolute atomic E-state index is 13.4. The highest BCUT2D eigenvalue weighted by Crippen LogP contribution is 2.34. The molecule has 2 heterocycles. The zero-order chi connectivity index (χ0) is 21.8. The molecule has 2 N–H and O–H groups in total. The number of primary amides is 1. The molecule has 7 nitrogen and oxygen atoms in total. The molecule has 2 aliphatic heterocycles. The number of ether oxygens (including phenoxy) is 1. The number of benzene rings is 2. The van der Waals surface area contributed by atoms with Gasteiger partial charge in [0, 0.05) is 6.42 Å². The van der Waals surface area contributed by atoms with E-state index in [1.807, 2.05) is 59.5 Å². The second-order valence-electron chi connectivity index (χ2n) is 8.03. The number of rotatable bonds is 6. The maximum Gasteiger partial charge on any atom is 0.257 e. The molecule has 4 rings (SSSR count). The number of carbonyl (C=O) groups is 2. The zero-order valence-electron chi connectivity index (χ0n) is 17.7. The third kappa shape index (κ3) is 4.61. The summed E-state index contributed by atoms with van der Waals surface area (Å²) >= 11 is 0. The van der Waals surface area contributed by atoms with Crippen LogP contribution in [0.3, 0.4) is 0 Å². The summed E-state index contributed by atoms with van der Waals surface area (Å²) in [4.78, 5) is 27.1. The first-order valence-electron chi connectivity index (χ1n) is 10.7. The van der Waals surface area contributed by atoms with Gasteiger partial charge in [0.1, 0.15) is 5.75 Å². The Morgan fingerprint density at radius 3 is 2.52 bits per heavy atom. The van der Waals surface area contributed by atoms with Gasteiger partial charge in [-0.25, -0.2) is 5.01 Å². The van der Waals surface area contributed by atoms with E-state index in [-0.39, 0.29) is 24.4 Å². The van der Waals surface area contributed by atoms with Gasteiger partial charge < -0.3 is 10.5 Å². The van der Waals surface area contributed by atoms with E-state index in [2.05, 4.69) is 0 Å². The van der Waals surface area contributed by atoms with Crippen LogP contribution in [0.15, 0.2) is 59.7 Å². The summed E-state index contributed by atoms with van der Waals surface area (Å²) < 4.78 is 5.27. The Kier molecular flexibility index (Phi) is 6.32. The van der Waals surface area contributed by atoms with Crippen LogP contribution < -0.4 is 10.5 Å². The molecule has 162 valence electrons. The second kappa shape index (κ2) is 9.31. The smallest absolute Gasteiger partial charge is 0.257 e. The summed E-state index contributed by atoms with van der Waals surface area (Å²) in [6.45, 7) is 0.821. The quantitative estimate of drug-likeness (QED) is 0.778. The van der Waals surface area contributed by atoms with E-state index in [4.69, 9.17) is 15.6 Å². The van der Waals surface area contributed by atoms with Gasteiger partial charge in [-0.15, -0.1) is 0 Å². The van der Waals surface area contributed by atoms with Crippen LogP contribution in [0.5, 0.6) is 5.75 Å². The zero-order valence-corrected chi connectivity index (χ0v) is 17.7. The second-order valence-corrected chi connectivity index (χ2v) is 8.03. The van der Waals surface area contributed by atoms with Gasteiger partial charge in [-0.1, -0.05) is 48.9 Å². The van der Waals surface area contributed by atoms with E-state index >= 15 is 0 Å². The molecule has 2 aromatic carbocycles. The molecule has 2 atom stereocenters. The fraction of sp³-hybridized carbons (Fsp3) is 0.375. The lowest BCUT2D eigenvalue weighted by atomic mass is 9.98. The summed E-state index contributed by atoms with van der Waals surface area (Å²) in [5.41, 5.74) is 8.46. The molecular weight excluding hydrogens is 392 g/mol. The largest absolute Gasteiger partial charge is 0.497 e. The Hall–Kier alpha value is -3.19. The van der Waals surface area contributed by atoms with Gasteiger partial charge >= 0.3 is 0 Å².